The molecule has 3 rings (SSSR count). The first-order chi connectivity index (χ1) is 13.1. The standard InChI is InChI=1S/C18H12ClF3N4O2/c1-9-5-3-4-6-10(9)17-24-12(8-28-17)11(7-23)14(27)13-15(18(20,21)22)25-26(2)16(13)19/h3-6,8,27H,1-2H3/b14-11-. The van der Waals surface area contributed by atoms with E-state index < -0.39 is 33.9 Å². The molecule has 28 heavy (non-hydrogen) atoms. The number of aryl methyl sites for hydroxylation is 2. The molecular weight excluding hydrogens is 397 g/mol. The Bertz CT molecular complexity index is 1120. The fourth-order valence-corrected chi connectivity index (χ4v) is 2.81. The summed E-state index contributed by atoms with van der Waals surface area (Å²) in [7, 11) is 1.19. The van der Waals surface area contributed by atoms with Gasteiger partial charge in [0.05, 0.1) is 5.56 Å². The van der Waals surface area contributed by atoms with Gasteiger partial charge in [-0.1, -0.05) is 29.8 Å². The first kappa shape index (κ1) is 19.5. The molecule has 144 valence electrons. The van der Waals surface area contributed by atoms with Crippen molar-refractivity contribution in [3.8, 4) is 17.5 Å². The quantitative estimate of drug-likeness (QED) is 0.486. The van der Waals surface area contributed by atoms with Crippen LogP contribution in [0.25, 0.3) is 22.8 Å². The number of benzene rings is 1. The Kier molecular flexibility index (Phi) is 4.91. The highest BCUT2D eigenvalue weighted by atomic mass is 35.5. The van der Waals surface area contributed by atoms with Crippen LogP contribution in [0.3, 0.4) is 0 Å². The molecule has 3 aromatic rings. The van der Waals surface area contributed by atoms with Crippen LogP contribution in [-0.4, -0.2) is 19.9 Å². The van der Waals surface area contributed by atoms with Crippen molar-refractivity contribution in [3.05, 3.63) is 58.2 Å². The van der Waals surface area contributed by atoms with Gasteiger partial charge in [-0.15, -0.1) is 0 Å². The van der Waals surface area contributed by atoms with E-state index in [0.717, 1.165) is 16.5 Å². The number of aliphatic hydroxyl groups excluding tert-OH is 1. The molecule has 0 aliphatic rings. The normalized spacial score (nSPS) is 12.6. The SMILES string of the molecule is Cc1ccccc1-c1nc(/C(C#N)=C(\O)c2c(C(F)(F)F)nn(C)c2Cl)co1. The molecule has 0 aliphatic carbocycles. The van der Waals surface area contributed by atoms with Crippen molar-refractivity contribution in [1.29, 1.82) is 5.26 Å². The van der Waals surface area contributed by atoms with Gasteiger partial charge in [0.1, 0.15) is 34.5 Å². The average Bonchev–Trinajstić information content (AvgIpc) is 3.21. The predicted octanol–water partition coefficient (Wildman–Crippen LogP) is 5.01. The lowest BCUT2D eigenvalue weighted by atomic mass is 10.1. The van der Waals surface area contributed by atoms with E-state index in [-0.39, 0.29) is 11.6 Å². The minimum atomic E-state index is -4.88. The van der Waals surface area contributed by atoms with Crippen molar-refractivity contribution in [1.82, 2.24) is 14.8 Å². The lowest BCUT2D eigenvalue weighted by molar-refractivity contribution is -0.141. The van der Waals surface area contributed by atoms with Crippen LogP contribution in [-0.2, 0) is 13.2 Å². The summed E-state index contributed by atoms with van der Waals surface area (Å²) >= 11 is 5.88. The van der Waals surface area contributed by atoms with E-state index in [9.17, 15) is 23.5 Å². The summed E-state index contributed by atoms with van der Waals surface area (Å²) in [5, 5.41) is 22.7. The smallest absolute Gasteiger partial charge is 0.435 e. The highest BCUT2D eigenvalue weighted by Gasteiger charge is 2.40. The van der Waals surface area contributed by atoms with Crippen molar-refractivity contribution in [2.24, 2.45) is 7.05 Å². The monoisotopic (exact) mass is 408 g/mol. The van der Waals surface area contributed by atoms with Crippen LogP contribution in [0.2, 0.25) is 5.15 Å². The molecule has 2 aromatic heterocycles. The largest absolute Gasteiger partial charge is 0.506 e. The first-order valence-corrected chi connectivity index (χ1v) is 8.18. The lowest BCUT2D eigenvalue weighted by Crippen LogP contribution is -2.09. The van der Waals surface area contributed by atoms with Crippen LogP contribution >= 0.6 is 11.6 Å². The van der Waals surface area contributed by atoms with E-state index >= 15 is 0 Å². The number of aromatic nitrogens is 3. The summed E-state index contributed by atoms with van der Waals surface area (Å²) in [4.78, 5) is 4.13. The summed E-state index contributed by atoms with van der Waals surface area (Å²) in [6, 6.07) is 8.79. The van der Waals surface area contributed by atoms with E-state index in [2.05, 4.69) is 10.1 Å². The zero-order valence-electron chi connectivity index (χ0n) is 14.5. The first-order valence-electron chi connectivity index (χ1n) is 7.80. The molecule has 0 spiro atoms. The lowest BCUT2D eigenvalue weighted by Gasteiger charge is -2.07. The second kappa shape index (κ2) is 7.05. The fourth-order valence-electron chi connectivity index (χ4n) is 2.59. The molecule has 0 fully saturated rings. The maximum absolute atomic E-state index is 13.3. The van der Waals surface area contributed by atoms with Crippen molar-refractivity contribution in [2.45, 2.75) is 13.1 Å². The molecule has 10 heteroatoms. The zero-order chi connectivity index (χ0) is 20.6. The van der Waals surface area contributed by atoms with Gasteiger partial charge >= 0.3 is 6.18 Å². The Hall–Kier alpha value is -3.25. The molecule has 1 N–H and O–H groups in total. The highest BCUT2D eigenvalue weighted by Crippen LogP contribution is 2.39. The molecular formula is C18H12ClF3N4O2. The second-order valence-electron chi connectivity index (χ2n) is 5.82. The van der Waals surface area contributed by atoms with Gasteiger partial charge < -0.3 is 9.52 Å². The van der Waals surface area contributed by atoms with Gasteiger partial charge in [0.2, 0.25) is 5.89 Å². The number of nitriles is 1. The summed E-state index contributed by atoms with van der Waals surface area (Å²) in [6.45, 7) is 1.82. The number of nitrogens with zero attached hydrogens (tertiary/aromatic N) is 4. The maximum Gasteiger partial charge on any atom is 0.435 e. The number of rotatable bonds is 3. The van der Waals surface area contributed by atoms with E-state index in [1.54, 1.807) is 18.2 Å². The van der Waals surface area contributed by atoms with Gasteiger partial charge in [-0.3, -0.25) is 4.68 Å². The number of aliphatic hydroxyl groups is 1. The van der Waals surface area contributed by atoms with Crippen molar-refractivity contribution >= 4 is 22.9 Å². The topological polar surface area (TPSA) is 87.9 Å². The number of oxazole rings is 1. The minimum Gasteiger partial charge on any atom is -0.506 e. The van der Waals surface area contributed by atoms with Crippen molar-refractivity contribution in [2.75, 3.05) is 0 Å². The highest BCUT2D eigenvalue weighted by molar-refractivity contribution is 6.31. The molecule has 0 saturated heterocycles. The van der Waals surface area contributed by atoms with Crippen LogP contribution in [0.4, 0.5) is 13.2 Å². The van der Waals surface area contributed by atoms with Crippen LogP contribution in [0.5, 0.6) is 0 Å². The molecule has 2 heterocycles. The van der Waals surface area contributed by atoms with Gasteiger partial charge in [-0.05, 0) is 18.6 Å². The fraction of sp³-hybridized carbons (Fsp3) is 0.167. The summed E-state index contributed by atoms with van der Waals surface area (Å²) in [5.74, 6) is -0.834. The molecule has 0 unspecified atom stereocenters. The molecule has 6 nitrogen and oxygen atoms in total. The van der Waals surface area contributed by atoms with Crippen molar-refractivity contribution < 1.29 is 22.7 Å². The average molecular weight is 409 g/mol. The Morgan fingerprint density at radius 2 is 2.00 bits per heavy atom. The Balaban J connectivity index is 2.16. The molecule has 0 radical (unpaired) electrons. The van der Waals surface area contributed by atoms with Gasteiger partial charge in [-0.2, -0.15) is 23.5 Å². The Morgan fingerprint density at radius 3 is 2.61 bits per heavy atom. The van der Waals surface area contributed by atoms with E-state index in [1.165, 1.54) is 7.05 Å². The van der Waals surface area contributed by atoms with Gasteiger partial charge in [-0.25, -0.2) is 4.98 Å². The Labute approximate surface area is 162 Å². The third-order valence-electron chi connectivity index (χ3n) is 3.97. The number of allylic oxidation sites excluding steroid dienone is 1. The Morgan fingerprint density at radius 1 is 1.32 bits per heavy atom. The molecule has 1 aromatic carbocycles. The van der Waals surface area contributed by atoms with Crippen LogP contribution in [0, 0.1) is 18.3 Å². The van der Waals surface area contributed by atoms with E-state index in [4.69, 9.17) is 16.0 Å². The number of halogens is 4. The van der Waals surface area contributed by atoms with Crippen LogP contribution in [0.15, 0.2) is 34.9 Å². The summed E-state index contributed by atoms with van der Waals surface area (Å²) < 4.78 is 45.9. The number of alkyl halides is 3. The predicted molar refractivity (Wildman–Crippen MR) is 95.0 cm³/mol. The number of hydrogen-bond acceptors (Lipinski definition) is 5. The zero-order valence-corrected chi connectivity index (χ0v) is 15.3. The molecule has 0 saturated carbocycles. The van der Waals surface area contributed by atoms with Gasteiger partial charge in [0.25, 0.3) is 0 Å². The molecule has 0 amide bonds. The third-order valence-corrected chi connectivity index (χ3v) is 4.40. The molecule has 0 aliphatic heterocycles. The maximum atomic E-state index is 13.3. The van der Waals surface area contributed by atoms with Crippen LogP contribution < -0.4 is 0 Å². The molecule has 0 atom stereocenters. The third kappa shape index (κ3) is 3.34. The van der Waals surface area contributed by atoms with E-state index in [0.29, 0.717) is 5.56 Å². The van der Waals surface area contributed by atoms with Crippen molar-refractivity contribution in [3.63, 3.8) is 0 Å². The van der Waals surface area contributed by atoms with Gasteiger partial charge in [0, 0.05) is 12.6 Å². The second-order valence-corrected chi connectivity index (χ2v) is 6.18. The van der Waals surface area contributed by atoms with Crippen LogP contribution in [0.1, 0.15) is 22.5 Å². The van der Waals surface area contributed by atoms with E-state index in [1.807, 2.05) is 19.1 Å². The van der Waals surface area contributed by atoms with Gasteiger partial charge in [0.15, 0.2) is 5.69 Å². The summed E-state index contributed by atoms with van der Waals surface area (Å²) in [5.41, 5.74) is -1.38. The summed E-state index contributed by atoms with van der Waals surface area (Å²) in [6.07, 6.45) is -3.81. The number of hydrogen-bond donors (Lipinski definition) is 1. The molecule has 0 bridgehead atoms. The minimum absolute atomic E-state index is 0.133.